The highest BCUT2D eigenvalue weighted by atomic mass is 16.5. The fourth-order valence-corrected chi connectivity index (χ4v) is 4.35. The van der Waals surface area contributed by atoms with E-state index in [1.165, 1.54) is 7.11 Å². The fraction of sp³-hybridized carbons (Fsp3) is 0.867. The van der Waals surface area contributed by atoms with E-state index in [1.807, 2.05) is 13.8 Å². The number of carbonyl (C=O) groups excluding carboxylic acids is 2. The molecule has 4 atom stereocenters. The maximum absolute atomic E-state index is 12.4. The molecule has 0 saturated heterocycles. The van der Waals surface area contributed by atoms with Gasteiger partial charge in [-0.25, -0.2) is 0 Å². The first-order valence-electron chi connectivity index (χ1n) is 7.05. The van der Waals surface area contributed by atoms with Gasteiger partial charge in [-0.3, -0.25) is 9.59 Å². The molecule has 2 aliphatic carbocycles. The number of hydrogen-bond donors (Lipinski definition) is 0. The second-order valence-electron chi connectivity index (χ2n) is 6.32. The van der Waals surface area contributed by atoms with Crippen LogP contribution < -0.4 is 0 Å². The van der Waals surface area contributed by atoms with Gasteiger partial charge in [-0.15, -0.1) is 0 Å². The molecule has 0 aromatic rings. The largest absolute Gasteiger partial charge is 0.469 e. The zero-order valence-electron chi connectivity index (χ0n) is 12.3. The summed E-state index contributed by atoms with van der Waals surface area (Å²) in [6.45, 7) is 3.93. The Morgan fingerprint density at radius 1 is 1.26 bits per heavy atom. The molecule has 0 spiro atoms. The maximum Gasteiger partial charge on any atom is 0.314 e. The SMILES string of the molecule is COC(=O)[C@@]1(C)[C@@H](OC)CC[C@]2(C)C(=O)CCC[C@@H]12. The van der Waals surface area contributed by atoms with Gasteiger partial charge < -0.3 is 9.47 Å². The Kier molecular flexibility index (Phi) is 3.74. The molecule has 19 heavy (non-hydrogen) atoms. The maximum atomic E-state index is 12.4. The molecule has 0 aromatic carbocycles. The summed E-state index contributed by atoms with van der Waals surface area (Å²) in [5, 5.41) is 0. The molecule has 0 heterocycles. The monoisotopic (exact) mass is 268 g/mol. The van der Waals surface area contributed by atoms with Gasteiger partial charge in [0.1, 0.15) is 5.78 Å². The van der Waals surface area contributed by atoms with E-state index in [9.17, 15) is 9.59 Å². The van der Waals surface area contributed by atoms with Crippen LogP contribution in [0.25, 0.3) is 0 Å². The smallest absolute Gasteiger partial charge is 0.314 e. The van der Waals surface area contributed by atoms with Crippen molar-refractivity contribution in [2.75, 3.05) is 14.2 Å². The van der Waals surface area contributed by atoms with Gasteiger partial charge in [0.25, 0.3) is 0 Å². The van der Waals surface area contributed by atoms with Gasteiger partial charge in [-0.05, 0) is 38.5 Å². The van der Waals surface area contributed by atoms with Gasteiger partial charge >= 0.3 is 5.97 Å². The molecular weight excluding hydrogens is 244 g/mol. The first kappa shape index (κ1) is 14.5. The summed E-state index contributed by atoms with van der Waals surface area (Å²) in [5.74, 6) is 0.0748. The summed E-state index contributed by atoms with van der Waals surface area (Å²) < 4.78 is 10.6. The third kappa shape index (κ3) is 1.92. The van der Waals surface area contributed by atoms with Crippen LogP contribution in [0.3, 0.4) is 0 Å². The zero-order valence-corrected chi connectivity index (χ0v) is 12.3. The van der Waals surface area contributed by atoms with Gasteiger partial charge in [0, 0.05) is 18.9 Å². The first-order chi connectivity index (χ1) is 8.91. The van der Waals surface area contributed by atoms with Crippen molar-refractivity contribution in [2.24, 2.45) is 16.7 Å². The van der Waals surface area contributed by atoms with E-state index in [-0.39, 0.29) is 18.0 Å². The molecule has 4 heteroatoms. The second kappa shape index (κ2) is 4.89. The number of ketones is 1. The van der Waals surface area contributed by atoms with E-state index in [2.05, 4.69) is 0 Å². The van der Waals surface area contributed by atoms with E-state index in [4.69, 9.17) is 9.47 Å². The van der Waals surface area contributed by atoms with E-state index in [1.54, 1.807) is 7.11 Å². The molecule has 0 unspecified atom stereocenters. The zero-order chi connectivity index (χ0) is 14.3. The molecule has 0 amide bonds. The van der Waals surface area contributed by atoms with Crippen LogP contribution in [0.2, 0.25) is 0 Å². The Hall–Kier alpha value is -0.900. The Balaban J connectivity index is 2.45. The quantitative estimate of drug-likeness (QED) is 0.721. The van der Waals surface area contributed by atoms with Crippen LogP contribution in [0.4, 0.5) is 0 Å². The summed E-state index contributed by atoms with van der Waals surface area (Å²) in [5.41, 5.74) is -1.11. The molecule has 4 nitrogen and oxygen atoms in total. The predicted octanol–water partition coefficient (Wildman–Crippen LogP) is 2.35. The van der Waals surface area contributed by atoms with Crippen LogP contribution in [0.1, 0.15) is 46.0 Å². The summed E-state index contributed by atoms with van der Waals surface area (Å²) in [6, 6.07) is 0. The number of fused-ring (bicyclic) bond motifs is 1. The summed E-state index contributed by atoms with van der Waals surface area (Å²) in [6.07, 6.45) is 3.78. The Bertz CT molecular complexity index is 392. The summed E-state index contributed by atoms with van der Waals surface area (Å²) >= 11 is 0. The van der Waals surface area contributed by atoms with E-state index < -0.39 is 10.8 Å². The lowest BCUT2D eigenvalue weighted by atomic mass is 9.49. The van der Waals surface area contributed by atoms with Crippen LogP contribution in [0.5, 0.6) is 0 Å². The molecule has 0 radical (unpaired) electrons. The predicted molar refractivity (Wildman–Crippen MR) is 70.6 cm³/mol. The van der Waals surface area contributed by atoms with Crippen molar-refractivity contribution in [3.63, 3.8) is 0 Å². The van der Waals surface area contributed by atoms with Crippen molar-refractivity contribution in [3.05, 3.63) is 0 Å². The van der Waals surface area contributed by atoms with Gasteiger partial charge in [-0.2, -0.15) is 0 Å². The van der Waals surface area contributed by atoms with Crippen molar-refractivity contribution in [1.82, 2.24) is 0 Å². The van der Waals surface area contributed by atoms with Crippen molar-refractivity contribution in [2.45, 2.75) is 52.1 Å². The van der Waals surface area contributed by atoms with E-state index in [0.717, 1.165) is 25.7 Å². The first-order valence-corrected chi connectivity index (χ1v) is 7.05. The molecule has 2 rings (SSSR count). The van der Waals surface area contributed by atoms with Crippen molar-refractivity contribution < 1.29 is 19.1 Å². The average Bonchev–Trinajstić information content (AvgIpc) is 2.40. The topological polar surface area (TPSA) is 52.6 Å². The Morgan fingerprint density at radius 3 is 2.53 bits per heavy atom. The highest BCUT2D eigenvalue weighted by Gasteiger charge is 2.61. The van der Waals surface area contributed by atoms with Crippen LogP contribution in [-0.2, 0) is 19.1 Å². The molecular formula is C15H24O4. The summed E-state index contributed by atoms with van der Waals surface area (Å²) in [4.78, 5) is 24.7. The van der Waals surface area contributed by atoms with Crippen LogP contribution in [-0.4, -0.2) is 32.1 Å². The minimum Gasteiger partial charge on any atom is -0.469 e. The number of esters is 1. The van der Waals surface area contributed by atoms with Crippen molar-refractivity contribution in [3.8, 4) is 0 Å². The molecule has 108 valence electrons. The van der Waals surface area contributed by atoms with Gasteiger partial charge in [0.2, 0.25) is 0 Å². The fourth-order valence-electron chi connectivity index (χ4n) is 4.35. The van der Waals surface area contributed by atoms with Crippen LogP contribution >= 0.6 is 0 Å². The number of Topliss-reactive ketones (excluding diaryl/α,β-unsaturated/α-hetero) is 1. The highest BCUT2D eigenvalue weighted by molar-refractivity contribution is 5.88. The third-order valence-corrected chi connectivity index (χ3v) is 5.53. The molecule has 2 fully saturated rings. The van der Waals surface area contributed by atoms with Crippen molar-refractivity contribution >= 4 is 11.8 Å². The molecule has 0 aromatic heterocycles. The number of methoxy groups -OCH3 is 2. The molecule has 2 aliphatic rings. The Morgan fingerprint density at radius 2 is 1.95 bits per heavy atom. The van der Waals surface area contributed by atoms with Gasteiger partial charge in [-0.1, -0.05) is 6.92 Å². The second-order valence-corrected chi connectivity index (χ2v) is 6.32. The molecule has 0 aliphatic heterocycles. The Labute approximate surface area is 114 Å². The standard InChI is InChI=1S/C15H24O4/c1-14-9-8-12(18-3)15(2,13(17)19-4)10(14)6-5-7-11(14)16/h10,12H,5-9H2,1-4H3/t10-,12+,14+,15-/m1/s1. The molecule has 0 N–H and O–H groups in total. The minimum absolute atomic E-state index is 0.0207. The highest BCUT2D eigenvalue weighted by Crippen LogP contribution is 2.57. The molecule has 0 bridgehead atoms. The van der Waals surface area contributed by atoms with Gasteiger partial charge in [0.05, 0.1) is 18.6 Å². The number of hydrogen-bond acceptors (Lipinski definition) is 4. The van der Waals surface area contributed by atoms with E-state index in [0.29, 0.717) is 12.2 Å². The lowest BCUT2D eigenvalue weighted by Gasteiger charge is -2.54. The number of ether oxygens (including phenoxy) is 2. The minimum atomic E-state index is -0.716. The van der Waals surface area contributed by atoms with Crippen LogP contribution in [0, 0.1) is 16.7 Å². The van der Waals surface area contributed by atoms with E-state index >= 15 is 0 Å². The van der Waals surface area contributed by atoms with Crippen molar-refractivity contribution in [1.29, 1.82) is 0 Å². The number of rotatable bonds is 2. The van der Waals surface area contributed by atoms with Crippen LogP contribution in [0.15, 0.2) is 0 Å². The average molecular weight is 268 g/mol. The third-order valence-electron chi connectivity index (χ3n) is 5.53. The van der Waals surface area contributed by atoms with Gasteiger partial charge in [0.15, 0.2) is 0 Å². The lowest BCUT2D eigenvalue weighted by Crippen LogP contribution is -2.59. The summed E-state index contributed by atoms with van der Waals surface area (Å²) in [7, 11) is 3.05. The molecule has 2 saturated carbocycles. The number of carbonyl (C=O) groups is 2. The normalized spacial score (nSPS) is 42.6. The lowest BCUT2D eigenvalue weighted by molar-refractivity contribution is -0.188.